The molecule has 28 heavy (non-hydrogen) atoms. The van der Waals surface area contributed by atoms with Crippen LogP contribution in [0.15, 0.2) is 59.2 Å². The summed E-state index contributed by atoms with van der Waals surface area (Å²) >= 11 is 0. The molecule has 1 aliphatic rings. The Labute approximate surface area is 161 Å². The molecule has 9 heteroatoms. The zero-order valence-electron chi connectivity index (χ0n) is 15.0. The predicted octanol–water partition coefficient (Wildman–Crippen LogP) is 1.57. The number of imide groups is 1. The van der Waals surface area contributed by atoms with Crippen molar-refractivity contribution < 1.29 is 27.9 Å². The highest BCUT2D eigenvalue weighted by molar-refractivity contribution is 7.89. The summed E-state index contributed by atoms with van der Waals surface area (Å²) in [4.78, 5) is 25.9. The summed E-state index contributed by atoms with van der Waals surface area (Å²) in [6.07, 6.45) is 0. The van der Waals surface area contributed by atoms with Crippen LogP contribution in [-0.2, 0) is 26.2 Å². The molecule has 0 aliphatic carbocycles. The van der Waals surface area contributed by atoms with E-state index in [-0.39, 0.29) is 17.0 Å². The van der Waals surface area contributed by atoms with Gasteiger partial charge >= 0.3 is 0 Å². The van der Waals surface area contributed by atoms with Gasteiger partial charge in [0.2, 0.25) is 10.0 Å². The zero-order chi connectivity index (χ0) is 20.5. The number of amides is 2. The molecule has 0 saturated carbocycles. The van der Waals surface area contributed by atoms with E-state index in [0.717, 1.165) is 4.90 Å². The van der Waals surface area contributed by atoms with Crippen LogP contribution in [0.2, 0.25) is 0 Å². The molecule has 0 atom stereocenters. The fraction of sp³-hybridized carbons (Fsp3) is 0.158. The molecule has 3 N–H and O–H groups in total. The number of sulfonamides is 1. The van der Waals surface area contributed by atoms with Crippen molar-refractivity contribution in [3.63, 3.8) is 0 Å². The van der Waals surface area contributed by atoms with E-state index in [2.05, 4.69) is 0 Å². The Kier molecular flexibility index (Phi) is 5.21. The lowest BCUT2D eigenvalue weighted by Gasteiger charge is -2.15. The van der Waals surface area contributed by atoms with Gasteiger partial charge in [-0.15, -0.1) is 0 Å². The molecule has 2 amide bonds. The summed E-state index contributed by atoms with van der Waals surface area (Å²) in [6.45, 7) is 2.21. The van der Waals surface area contributed by atoms with Crippen LogP contribution in [0, 0.1) is 0 Å². The quantitative estimate of drug-likeness (QED) is 0.706. The van der Waals surface area contributed by atoms with Crippen molar-refractivity contribution in [1.82, 2.24) is 4.90 Å². The van der Waals surface area contributed by atoms with E-state index in [1.165, 1.54) is 24.3 Å². The molecular formula is C19H18N2O6S. The van der Waals surface area contributed by atoms with Gasteiger partial charge in [-0.3, -0.25) is 14.5 Å². The van der Waals surface area contributed by atoms with Gasteiger partial charge in [-0.2, -0.15) is 0 Å². The van der Waals surface area contributed by atoms with Crippen LogP contribution in [0.5, 0.6) is 5.75 Å². The van der Waals surface area contributed by atoms with Crippen molar-refractivity contribution >= 4 is 27.4 Å². The minimum absolute atomic E-state index is 0.0774. The molecule has 1 aliphatic heterocycles. The average molecular weight is 402 g/mol. The molecule has 0 unspecified atom stereocenters. The molecule has 0 radical (unpaired) electrons. The second-order valence-electron chi connectivity index (χ2n) is 6.07. The van der Waals surface area contributed by atoms with E-state index in [1.54, 1.807) is 24.3 Å². The molecule has 0 fully saturated rings. The molecule has 0 spiro atoms. The second kappa shape index (κ2) is 7.45. The van der Waals surface area contributed by atoms with Crippen molar-refractivity contribution in [3.05, 3.63) is 65.4 Å². The molecule has 2 aromatic carbocycles. The maximum Gasteiger partial charge on any atom is 0.296 e. The number of carbonyl (C=O) groups excluding carboxylic acids is 2. The van der Waals surface area contributed by atoms with Gasteiger partial charge in [0, 0.05) is 0 Å². The summed E-state index contributed by atoms with van der Waals surface area (Å²) in [6, 6.07) is 11.9. The average Bonchev–Trinajstić information content (AvgIpc) is 2.86. The lowest BCUT2D eigenvalue weighted by molar-refractivity contribution is -0.138. The number of nitrogens with zero attached hydrogens (tertiary/aromatic N) is 1. The van der Waals surface area contributed by atoms with Gasteiger partial charge < -0.3 is 9.84 Å². The number of hydrogen-bond donors (Lipinski definition) is 2. The third-order valence-corrected chi connectivity index (χ3v) is 5.12. The number of ether oxygens (including phenoxy) is 1. The summed E-state index contributed by atoms with van der Waals surface area (Å²) in [7, 11) is -3.84. The number of nitrogens with two attached hydrogens (primary N) is 1. The van der Waals surface area contributed by atoms with Crippen LogP contribution in [-0.4, -0.2) is 36.8 Å². The minimum Gasteiger partial charge on any atom is -0.502 e. The largest absolute Gasteiger partial charge is 0.502 e. The molecule has 8 nitrogen and oxygen atoms in total. The fourth-order valence-corrected chi connectivity index (χ4v) is 3.33. The van der Waals surface area contributed by atoms with Gasteiger partial charge in [0.25, 0.3) is 11.8 Å². The van der Waals surface area contributed by atoms with E-state index in [4.69, 9.17) is 9.88 Å². The van der Waals surface area contributed by atoms with E-state index in [9.17, 15) is 23.1 Å². The Bertz CT molecular complexity index is 1060. The Hall–Kier alpha value is -3.17. The topological polar surface area (TPSA) is 127 Å². The molecule has 0 bridgehead atoms. The van der Waals surface area contributed by atoms with Crippen LogP contribution in [0.25, 0.3) is 5.57 Å². The molecule has 3 rings (SSSR count). The normalized spacial score (nSPS) is 14.7. The first-order valence-electron chi connectivity index (χ1n) is 8.36. The van der Waals surface area contributed by atoms with E-state index in [1.807, 2.05) is 6.92 Å². The molecule has 0 saturated heterocycles. The SMILES string of the molecule is CCOc1ccc(C2=C(O)C(=O)N(Cc3ccc(S(N)(=O)=O)cc3)C2=O)cc1. The van der Waals surface area contributed by atoms with E-state index in [0.29, 0.717) is 23.5 Å². The highest BCUT2D eigenvalue weighted by Gasteiger charge is 2.39. The monoisotopic (exact) mass is 402 g/mol. The summed E-state index contributed by atoms with van der Waals surface area (Å²) < 4.78 is 28.0. The van der Waals surface area contributed by atoms with Crippen LogP contribution >= 0.6 is 0 Å². The predicted molar refractivity (Wildman–Crippen MR) is 101 cm³/mol. The van der Waals surface area contributed by atoms with Crippen molar-refractivity contribution in [2.75, 3.05) is 6.61 Å². The lowest BCUT2D eigenvalue weighted by Crippen LogP contribution is -2.31. The second-order valence-corrected chi connectivity index (χ2v) is 7.63. The van der Waals surface area contributed by atoms with Gasteiger partial charge in [-0.1, -0.05) is 24.3 Å². The van der Waals surface area contributed by atoms with Gasteiger partial charge in [0.15, 0.2) is 5.76 Å². The summed E-state index contributed by atoms with van der Waals surface area (Å²) in [5, 5.41) is 15.2. The number of carbonyl (C=O) groups is 2. The van der Waals surface area contributed by atoms with Crippen LogP contribution in [0.1, 0.15) is 18.1 Å². The van der Waals surface area contributed by atoms with Crippen LogP contribution in [0.4, 0.5) is 0 Å². The Morgan fingerprint density at radius 3 is 2.14 bits per heavy atom. The number of benzene rings is 2. The first-order chi connectivity index (χ1) is 13.2. The Morgan fingerprint density at radius 2 is 1.61 bits per heavy atom. The smallest absolute Gasteiger partial charge is 0.296 e. The third kappa shape index (κ3) is 3.75. The summed E-state index contributed by atoms with van der Waals surface area (Å²) in [5.74, 6) is -1.48. The first kappa shape index (κ1) is 19.6. The summed E-state index contributed by atoms with van der Waals surface area (Å²) in [5.41, 5.74) is 0.815. The molecule has 0 aromatic heterocycles. The standard InChI is InChI=1S/C19H18N2O6S/c1-2-27-14-7-5-13(6-8-14)16-17(22)19(24)21(18(16)23)11-12-3-9-15(10-4-12)28(20,25)26/h3-10,22H,2,11H2,1H3,(H2,20,25,26). The Morgan fingerprint density at radius 1 is 1.00 bits per heavy atom. The molecular weight excluding hydrogens is 384 g/mol. The number of primary sulfonamides is 1. The van der Waals surface area contributed by atoms with Gasteiger partial charge in [0.05, 0.1) is 23.6 Å². The first-order valence-corrected chi connectivity index (χ1v) is 9.91. The molecule has 2 aromatic rings. The van der Waals surface area contributed by atoms with Gasteiger partial charge in [0.1, 0.15) is 5.75 Å². The van der Waals surface area contributed by atoms with Crippen molar-refractivity contribution in [1.29, 1.82) is 0 Å². The van der Waals surface area contributed by atoms with Crippen molar-refractivity contribution in [2.45, 2.75) is 18.4 Å². The number of aliphatic hydroxyl groups is 1. The molecule has 146 valence electrons. The fourth-order valence-electron chi connectivity index (χ4n) is 2.82. The van der Waals surface area contributed by atoms with Crippen LogP contribution < -0.4 is 9.88 Å². The van der Waals surface area contributed by atoms with E-state index >= 15 is 0 Å². The van der Waals surface area contributed by atoms with Crippen molar-refractivity contribution in [2.24, 2.45) is 5.14 Å². The number of hydrogen-bond acceptors (Lipinski definition) is 6. The maximum absolute atomic E-state index is 12.7. The number of aliphatic hydroxyl groups excluding tert-OH is 1. The molecule has 1 heterocycles. The minimum atomic E-state index is -3.84. The maximum atomic E-state index is 12.7. The van der Waals surface area contributed by atoms with Crippen molar-refractivity contribution in [3.8, 4) is 5.75 Å². The number of rotatable bonds is 6. The third-order valence-electron chi connectivity index (χ3n) is 4.19. The van der Waals surface area contributed by atoms with Gasteiger partial charge in [-0.05, 0) is 42.3 Å². The highest BCUT2D eigenvalue weighted by atomic mass is 32.2. The highest BCUT2D eigenvalue weighted by Crippen LogP contribution is 2.30. The van der Waals surface area contributed by atoms with Crippen LogP contribution in [0.3, 0.4) is 0 Å². The Balaban J connectivity index is 1.82. The zero-order valence-corrected chi connectivity index (χ0v) is 15.8. The van der Waals surface area contributed by atoms with Gasteiger partial charge in [-0.25, -0.2) is 13.6 Å². The van der Waals surface area contributed by atoms with E-state index < -0.39 is 27.6 Å². The lowest BCUT2D eigenvalue weighted by atomic mass is 10.1.